The summed E-state index contributed by atoms with van der Waals surface area (Å²) >= 11 is 0. The second-order valence-corrected chi connectivity index (χ2v) is 12.0. The summed E-state index contributed by atoms with van der Waals surface area (Å²) in [6, 6.07) is 12.9. The zero-order valence-corrected chi connectivity index (χ0v) is 26.6. The molecule has 5 amide bonds. The van der Waals surface area contributed by atoms with E-state index in [0.717, 1.165) is 11.1 Å². The van der Waals surface area contributed by atoms with E-state index in [2.05, 4.69) is 36.7 Å². The Hall–Kier alpha value is -5.27. The third kappa shape index (κ3) is 8.51. The van der Waals surface area contributed by atoms with E-state index in [-0.39, 0.29) is 50.3 Å². The van der Waals surface area contributed by atoms with E-state index in [9.17, 15) is 24.0 Å². The van der Waals surface area contributed by atoms with Crippen LogP contribution >= 0.6 is 0 Å². The maximum atomic E-state index is 13.8. The summed E-state index contributed by atoms with van der Waals surface area (Å²) in [7, 11) is 0. The fourth-order valence-corrected chi connectivity index (χ4v) is 5.46. The lowest BCUT2D eigenvalue weighted by Gasteiger charge is -2.27. The molecule has 0 saturated carbocycles. The van der Waals surface area contributed by atoms with Crippen molar-refractivity contribution in [3.63, 3.8) is 0 Å². The molecule has 1 fully saturated rings. The smallest absolute Gasteiger partial charge is 0.243 e. The molecule has 3 aliphatic heterocycles. The van der Waals surface area contributed by atoms with Crippen molar-refractivity contribution in [2.75, 3.05) is 13.2 Å². The molecule has 0 unspecified atom stereocenters. The van der Waals surface area contributed by atoms with Crippen LogP contribution in [0.4, 0.5) is 0 Å². The Labute approximate surface area is 272 Å². The van der Waals surface area contributed by atoms with Gasteiger partial charge in [0, 0.05) is 18.4 Å². The van der Waals surface area contributed by atoms with Crippen LogP contribution in [-0.2, 0) is 36.9 Å². The summed E-state index contributed by atoms with van der Waals surface area (Å²) in [6.07, 6.45) is 0.689. The lowest BCUT2D eigenvalue weighted by molar-refractivity contribution is -0.133. The number of nitrogens with zero attached hydrogens (tertiary/aromatic N) is 3. The summed E-state index contributed by atoms with van der Waals surface area (Å²) in [4.78, 5) is 69.8. The van der Waals surface area contributed by atoms with Gasteiger partial charge in [-0.2, -0.15) is 5.10 Å². The molecule has 4 heterocycles. The number of carbonyl (C=O) groups is 5. The number of hydrogen-bond donors (Lipinski definition) is 5. The summed E-state index contributed by atoms with van der Waals surface area (Å²) in [6.45, 7) is 5.64. The van der Waals surface area contributed by atoms with E-state index in [4.69, 9.17) is 4.74 Å². The van der Waals surface area contributed by atoms with Gasteiger partial charge in [0.25, 0.3) is 0 Å². The highest BCUT2D eigenvalue weighted by atomic mass is 16.5. The highest BCUT2D eigenvalue weighted by Gasteiger charge is 2.34. The summed E-state index contributed by atoms with van der Waals surface area (Å²) in [5.41, 5.74) is 1.48. The molecule has 14 nitrogen and oxygen atoms in total. The van der Waals surface area contributed by atoms with E-state index in [1.54, 1.807) is 45.0 Å². The van der Waals surface area contributed by atoms with Crippen LogP contribution in [0.3, 0.4) is 0 Å². The van der Waals surface area contributed by atoms with Gasteiger partial charge in [0.2, 0.25) is 29.5 Å². The van der Waals surface area contributed by atoms with E-state index in [1.807, 2.05) is 30.3 Å². The monoisotopic (exact) mass is 644 g/mol. The highest BCUT2D eigenvalue weighted by Crippen LogP contribution is 2.20. The molecule has 0 aliphatic carbocycles. The van der Waals surface area contributed by atoms with Gasteiger partial charge in [-0.15, -0.1) is 0 Å². The molecule has 248 valence electrons. The first-order valence-electron chi connectivity index (χ1n) is 15.8. The zero-order chi connectivity index (χ0) is 33.5. The second-order valence-electron chi connectivity index (χ2n) is 12.0. The maximum absolute atomic E-state index is 13.8. The average Bonchev–Trinajstić information content (AvgIpc) is 3.68. The minimum absolute atomic E-state index is 0.128. The molecule has 2 aromatic carbocycles. The molecule has 3 aliphatic rings. The lowest BCUT2D eigenvalue weighted by atomic mass is 10.00. The van der Waals surface area contributed by atoms with Gasteiger partial charge in [0.05, 0.1) is 12.6 Å². The Bertz CT molecular complexity index is 1610. The minimum atomic E-state index is -1.03. The topological polar surface area (TPSA) is 185 Å². The van der Waals surface area contributed by atoms with Crippen molar-refractivity contribution < 1.29 is 28.7 Å². The largest absolute Gasteiger partial charge is 0.492 e. The lowest BCUT2D eigenvalue weighted by Crippen LogP contribution is -2.57. The van der Waals surface area contributed by atoms with Crippen LogP contribution in [0.2, 0.25) is 0 Å². The fraction of sp³-hybridized carbons (Fsp3) is 0.424. The van der Waals surface area contributed by atoms with Crippen LogP contribution in [-0.4, -0.2) is 75.6 Å². The number of benzene rings is 2. The maximum Gasteiger partial charge on any atom is 0.243 e. The predicted octanol–water partition coefficient (Wildman–Crippen LogP) is 0.778. The van der Waals surface area contributed by atoms with Gasteiger partial charge in [0.1, 0.15) is 42.9 Å². The normalized spacial score (nSPS) is 22.7. The standard InChI is InChI=1S/C33H40N8O6/c1-19(2)28-33(46)35-20(3)30-39-29(22-7-5-4-6-8-22)40-41(30)18-27(43)34-15-16-47-23-11-9-21(10-12-23)17-25(32(45)38-28)37-31(44)24-13-14-26(42)36-24/h4-12,19-20,24-25,28H,13-18H2,1-3H3,(H,34,43)(H,35,46)(H,36,42)(H,37,44)(H,38,45)/t20-,24-,25-,28+/m0/s1. The van der Waals surface area contributed by atoms with Crippen LogP contribution in [0.15, 0.2) is 54.6 Å². The van der Waals surface area contributed by atoms with Crippen LogP contribution < -0.4 is 31.3 Å². The zero-order valence-electron chi connectivity index (χ0n) is 26.6. The van der Waals surface area contributed by atoms with Gasteiger partial charge >= 0.3 is 0 Å². The van der Waals surface area contributed by atoms with Crippen molar-refractivity contribution in [1.29, 1.82) is 0 Å². The number of aromatic nitrogens is 3. The van der Waals surface area contributed by atoms with Crippen molar-refractivity contribution in [1.82, 2.24) is 41.3 Å². The molecular formula is C33H40N8O6. The first-order valence-corrected chi connectivity index (χ1v) is 15.8. The van der Waals surface area contributed by atoms with Gasteiger partial charge in [0.15, 0.2) is 5.82 Å². The van der Waals surface area contributed by atoms with Crippen molar-refractivity contribution >= 4 is 29.5 Å². The van der Waals surface area contributed by atoms with E-state index in [1.165, 1.54) is 4.68 Å². The quantitative estimate of drug-likeness (QED) is 0.276. The molecule has 4 atom stereocenters. The number of nitrogens with one attached hydrogen (secondary N) is 5. The van der Waals surface area contributed by atoms with Crippen LogP contribution in [0, 0.1) is 5.92 Å². The molecular weight excluding hydrogens is 604 g/mol. The van der Waals surface area contributed by atoms with E-state index in [0.29, 0.717) is 23.8 Å². The molecule has 2 bridgehead atoms. The fourth-order valence-electron chi connectivity index (χ4n) is 5.46. The molecule has 0 radical (unpaired) electrons. The molecule has 1 saturated heterocycles. The van der Waals surface area contributed by atoms with Crippen LogP contribution in [0.25, 0.3) is 11.4 Å². The Balaban J connectivity index is 1.43. The second kappa shape index (κ2) is 14.9. The molecule has 5 N–H and O–H groups in total. The number of fused-ring (bicyclic) bond motifs is 14. The Morgan fingerprint density at radius 2 is 1.70 bits per heavy atom. The first-order chi connectivity index (χ1) is 22.6. The molecule has 14 heteroatoms. The summed E-state index contributed by atoms with van der Waals surface area (Å²) in [5, 5.41) is 18.6. The summed E-state index contributed by atoms with van der Waals surface area (Å²) < 4.78 is 7.25. The van der Waals surface area contributed by atoms with Crippen molar-refractivity contribution in [3.05, 3.63) is 66.0 Å². The number of rotatable bonds is 4. The third-order valence-corrected chi connectivity index (χ3v) is 8.02. The predicted molar refractivity (Wildman–Crippen MR) is 171 cm³/mol. The first kappa shape index (κ1) is 33.1. The number of hydrogen-bond acceptors (Lipinski definition) is 8. The molecule has 3 aromatic rings. The number of carbonyl (C=O) groups excluding carboxylic acids is 5. The Morgan fingerprint density at radius 1 is 0.957 bits per heavy atom. The minimum Gasteiger partial charge on any atom is -0.492 e. The van der Waals surface area contributed by atoms with Gasteiger partial charge < -0.3 is 31.3 Å². The van der Waals surface area contributed by atoms with Gasteiger partial charge in [-0.1, -0.05) is 56.3 Å². The van der Waals surface area contributed by atoms with Crippen molar-refractivity contribution in [2.45, 2.75) is 70.7 Å². The van der Waals surface area contributed by atoms with E-state index < -0.39 is 41.9 Å². The highest BCUT2D eigenvalue weighted by molar-refractivity contribution is 5.95. The van der Waals surface area contributed by atoms with Crippen molar-refractivity contribution in [3.8, 4) is 17.1 Å². The van der Waals surface area contributed by atoms with Gasteiger partial charge in [-0.25, -0.2) is 9.67 Å². The molecule has 0 spiro atoms. The Morgan fingerprint density at radius 3 is 2.38 bits per heavy atom. The van der Waals surface area contributed by atoms with Gasteiger partial charge in [-0.3, -0.25) is 24.0 Å². The van der Waals surface area contributed by atoms with Crippen LogP contribution in [0.1, 0.15) is 51.0 Å². The van der Waals surface area contributed by atoms with Gasteiger partial charge in [-0.05, 0) is 37.0 Å². The molecule has 1 aromatic heterocycles. The molecule has 47 heavy (non-hydrogen) atoms. The Kier molecular flexibility index (Phi) is 10.5. The number of amides is 5. The van der Waals surface area contributed by atoms with Crippen LogP contribution in [0.5, 0.6) is 5.75 Å². The van der Waals surface area contributed by atoms with E-state index >= 15 is 0 Å². The average molecular weight is 645 g/mol. The molecule has 6 rings (SSSR count). The van der Waals surface area contributed by atoms with Crippen molar-refractivity contribution in [2.24, 2.45) is 5.92 Å². The summed E-state index contributed by atoms with van der Waals surface area (Å²) in [5.74, 6) is -1.03. The third-order valence-electron chi connectivity index (χ3n) is 8.02. The number of ether oxygens (including phenoxy) is 1. The SMILES string of the molecule is CC(C)[C@H]1NC(=O)[C@@H](NC(=O)[C@@H]2CCC(=O)N2)Cc2ccc(cc2)OCCNC(=O)Cn2nc(-c3ccccc3)nc2[C@H](C)NC1=O.